The summed E-state index contributed by atoms with van der Waals surface area (Å²) in [5.74, 6) is -1.30. The molecule has 5 N–H and O–H groups in total. The average molecular weight is 318 g/mol. The average Bonchev–Trinajstić information content (AvgIpc) is 2.27. The van der Waals surface area contributed by atoms with Crippen LogP contribution in [0, 0.1) is 0 Å². The standard InChI is InChI=1S/C11H23N3O3.2ClH/c1-3-13-9(6-4-5-7-12)10(15)14-8(2)11(16)17;;/h8-9,13H,3-7,12H2,1-2H3,(H,14,15)(H,16,17);2*1H/t8-,9+;;/m1../s1. The maximum absolute atomic E-state index is 11.8. The SMILES string of the molecule is CCN[C@@H](CCCCN)C(=O)N[C@H](C)C(=O)O.Cl.Cl. The highest BCUT2D eigenvalue weighted by atomic mass is 35.5. The molecule has 0 spiro atoms. The molecule has 0 aromatic carbocycles. The van der Waals surface area contributed by atoms with Gasteiger partial charge in [-0.05, 0) is 32.9 Å². The van der Waals surface area contributed by atoms with E-state index in [1.54, 1.807) is 0 Å². The van der Waals surface area contributed by atoms with Crippen LogP contribution >= 0.6 is 24.8 Å². The molecular formula is C11H25Cl2N3O3. The predicted molar refractivity (Wildman–Crippen MR) is 80.1 cm³/mol. The Morgan fingerprint density at radius 1 is 1.26 bits per heavy atom. The number of amides is 1. The monoisotopic (exact) mass is 317 g/mol. The summed E-state index contributed by atoms with van der Waals surface area (Å²) in [6.45, 7) is 4.63. The first-order chi connectivity index (χ1) is 8.02. The number of carboxylic acids is 1. The molecule has 1 amide bonds. The molecule has 2 atom stereocenters. The van der Waals surface area contributed by atoms with Crippen LogP contribution in [0.4, 0.5) is 0 Å². The zero-order valence-corrected chi connectivity index (χ0v) is 13.0. The minimum Gasteiger partial charge on any atom is -0.480 e. The number of hydrogen-bond donors (Lipinski definition) is 4. The number of nitrogens with one attached hydrogen (secondary N) is 2. The number of carbonyl (C=O) groups is 2. The molecule has 0 unspecified atom stereocenters. The highest BCUT2D eigenvalue weighted by Crippen LogP contribution is 2.01. The van der Waals surface area contributed by atoms with Gasteiger partial charge in [-0.15, -0.1) is 24.8 Å². The number of carbonyl (C=O) groups excluding carboxylic acids is 1. The largest absolute Gasteiger partial charge is 0.480 e. The third kappa shape index (κ3) is 11.0. The van der Waals surface area contributed by atoms with E-state index in [9.17, 15) is 9.59 Å². The van der Waals surface area contributed by atoms with E-state index >= 15 is 0 Å². The van der Waals surface area contributed by atoms with Crippen LogP contribution < -0.4 is 16.4 Å². The van der Waals surface area contributed by atoms with Crippen LogP contribution in [0.25, 0.3) is 0 Å². The van der Waals surface area contributed by atoms with Crippen LogP contribution in [0.1, 0.15) is 33.1 Å². The second-order valence-electron chi connectivity index (χ2n) is 3.96. The Labute approximate surface area is 126 Å². The number of nitrogens with two attached hydrogens (primary N) is 1. The van der Waals surface area contributed by atoms with Gasteiger partial charge in [0.15, 0.2) is 0 Å². The van der Waals surface area contributed by atoms with Gasteiger partial charge in [-0.25, -0.2) is 0 Å². The molecule has 0 heterocycles. The van der Waals surface area contributed by atoms with Crippen molar-refractivity contribution in [2.75, 3.05) is 13.1 Å². The van der Waals surface area contributed by atoms with Crippen LogP contribution in [0.15, 0.2) is 0 Å². The fourth-order valence-corrected chi connectivity index (χ4v) is 1.44. The van der Waals surface area contributed by atoms with Crippen molar-refractivity contribution in [2.24, 2.45) is 5.73 Å². The van der Waals surface area contributed by atoms with Gasteiger partial charge in [-0.3, -0.25) is 9.59 Å². The van der Waals surface area contributed by atoms with Crippen molar-refractivity contribution in [3.63, 3.8) is 0 Å². The molecule has 0 aliphatic heterocycles. The van der Waals surface area contributed by atoms with Crippen molar-refractivity contribution < 1.29 is 14.7 Å². The molecule has 0 aromatic heterocycles. The van der Waals surface area contributed by atoms with Gasteiger partial charge in [0.25, 0.3) is 0 Å². The lowest BCUT2D eigenvalue weighted by atomic mass is 10.1. The third-order valence-corrected chi connectivity index (χ3v) is 2.44. The van der Waals surface area contributed by atoms with E-state index < -0.39 is 12.0 Å². The number of halogens is 2. The minimum atomic E-state index is -1.03. The number of aliphatic carboxylic acids is 1. The van der Waals surface area contributed by atoms with Crippen molar-refractivity contribution >= 4 is 36.7 Å². The fourth-order valence-electron chi connectivity index (χ4n) is 1.44. The fraction of sp³-hybridized carbons (Fsp3) is 0.818. The number of hydrogen-bond acceptors (Lipinski definition) is 4. The van der Waals surface area contributed by atoms with E-state index in [-0.39, 0.29) is 36.8 Å². The van der Waals surface area contributed by atoms with Crippen LogP contribution in [0.5, 0.6) is 0 Å². The first-order valence-electron chi connectivity index (χ1n) is 5.99. The Morgan fingerprint density at radius 3 is 2.26 bits per heavy atom. The summed E-state index contributed by atoms with van der Waals surface area (Å²) in [5.41, 5.74) is 5.39. The molecule has 6 nitrogen and oxygen atoms in total. The Morgan fingerprint density at radius 2 is 1.84 bits per heavy atom. The Hall–Kier alpha value is -0.560. The van der Waals surface area contributed by atoms with E-state index in [1.807, 2.05) is 6.92 Å². The molecule has 116 valence electrons. The van der Waals surface area contributed by atoms with Gasteiger partial charge < -0.3 is 21.5 Å². The van der Waals surface area contributed by atoms with Crippen molar-refractivity contribution in [2.45, 2.75) is 45.2 Å². The van der Waals surface area contributed by atoms with Crippen molar-refractivity contribution in [3.8, 4) is 0 Å². The third-order valence-electron chi connectivity index (χ3n) is 2.44. The maximum atomic E-state index is 11.8. The molecule has 0 saturated carbocycles. The van der Waals surface area contributed by atoms with Gasteiger partial charge in [0, 0.05) is 0 Å². The van der Waals surface area contributed by atoms with Crippen molar-refractivity contribution in [3.05, 3.63) is 0 Å². The number of carboxylic acid groups (broad SMARTS) is 1. The maximum Gasteiger partial charge on any atom is 0.325 e. The first-order valence-corrected chi connectivity index (χ1v) is 5.99. The molecule has 0 aliphatic rings. The number of unbranched alkanes of at least 4 members (excludes halogenated alkanes) is 1. The second-order valence-corrected chi connectivity index (χ2v) is 3.96. The number of likely N-dealkylation sites (N-methyl/N-ethyl adjacent to an activating group) is 1. The molecule has 0 aromatic rings. The molecule has 0 radical (unpaired) electrons. The molecular weight excluding hydrogens is 293 g/mol. The molecule has 0 rings (SSSR count). The highest BCUT2D eigenvalue weighted by molar-refractivity contribution is 5.86. The predicted octanol–water partition coefficient (Wildman–Crippen LogP) is 0.526. The molecule has 0 saturated heterocycles. The summed E-state index contributed by atoms with van der Waals surface area (Å²) in [4.78, 5) is 22.4. The summed E-state index contributed by atoms with van der Waals surface area (Å²) >= 11 is 0. The molecule has 8 heteroatoms. The van der Waals surface area contributed by atoms with Crippen LogP contribution in [-0.4, -0.2) is 42.2 Å². The smallest absolute Gasteiger partial charge is 0.325 e. The van der Waals surface area contributed by atoms with Gasteiger partial charge in [0.05, 0.1) is 6.04 Å². The van der Waals surface area contributed by atoms with E-state index in [0.29, 0.717) is 19.5 Å². The van der Waals surface area contributed by atoms with Crippen LogP contribution in [0.2, 0.25) is 0 Å². The van der Waals surface area contributed by atoms with Gasteiger partial charge in [-0.2, -0.15) is 0 Å². The van der Waals surface area contributed by atoms with E-state index in [4.69, 9.17) is 10.8 Å². The zero-order chi connectivity index (χ0) is 13.3. The second kappa shape index (κ2) is 13.9. The van der Waals surface area contributed by atoms with Crippen LogP contribution in [-0.2, 0) is 9.59 Å². The Balaban J connectivity index is -0.00000128. The topological polar surface area (TPSA) is 104 Å². The Kier molecular flexibility index (Phi) is 17.2. The highest BCUT2D eigenvalue weighted by Gasteiger charge is 2.21. The summed E-state index contributed by atoms with van der Waals surface area (Å²) in [5, 5.41) is 14.2. The van der Waals surface area contributed by atoms with Gasteiger partial charge in [0.1, 0.15) is 6.04 Å². The van der Waals surface area contributed by atoms with E-state index in [2.05, 4.69) is 10.6 Å². The summed E-state index contributed by atoms with van der Waals surface area (Å²) < 4.78 is 0. The lowest BCUT2D eigenvalue weighted by molar-refractivity contribution is -0.141. The lowest BCUT2D eigenvalue weighted by Gasteiger charge is -2.19. The lowest BCUT2D eigenvalue weighted by Crippen LogP contribution is -2.49. The van der Waals surface area contributed by atoms with Gasteiger partial charge in [-0.1, -0.05) is 13.3 Å². The quantitative estimate of drug-likeness (QED) is 0.464. The molecule has 19 heavy (non-hydrogen) atoms. The molecule has 0 fully saturated rings. The molecule has 0 bridgehead atoms. The van der Waals surface area contributed by atoms with Crippen molar-refractivity contribution in [1.82, 2.24) is 10.6 Å². The van der Waals surface area contributed by atoms with Gasteiger partial charge >= 0.3 is 5.97 Å². The summed E-state index contributed by atoms with van der Waals surface area (Å²) in [6, 6.07) is -1.20. The molecule has 0 aliphatic carbocycles. The summed E-state index contributed by atoms with van der Waals surface area (Å²) in [7, 11) is 0. The van der Waals surface area contributed by atoms with E-state index in [1.165, 1.54) is 6.92 Å². The summed E-state index contributed by atoms with van der Waals surface area (Å²) in [6.07, 6.45) is 2.38. The van der Waals surface area contributed by atoms with Crippen molar-refractivity contribution in [1.29, 1.82) is 0 Å². The van der Waals surface area contributed by atoms with E-state index in [0.717, 1.165) is 12.8 Å². The normalized spacial score (nSPS) is 12.6. The van der Waals surface area contributed by atoms with Gasteiger partial charge in [0.2, 0.25) is 5.91 Å². The zero-order valence-electron chi connectivity index (χ0n) is 11.3. The minimum absolute atomic E-state index is 0. The number of rotatable bonds is 9. The van der Waals surface area contributed by atoms with Crippen LogP contribution in [0.3, 0.4) is 0 Å². The first kappa shape index (κ1) is 23.5. The Bertz CT molecular complexity index is 255.